The number of hydrogen-bond donors (Lipinski definition) is 0. The van der Waals surface area contributed by atoms with Crippen LogP contribution in [-0.4, -0.2) is 29.7 Å². The minimum Gasteiger partial charge on any atom is -0.497 e. The summed E-state index contributed by atoms with van der Waals surface area (Å²) in [6.07, 6.45) is 0. The number of nitrogens with zero attached hydrogens (tertiary/aromatic N) is 2. The van der Waals surface area contributed by atoms with Crippen molar-refractivity contribution in [2.24, 2.45) is 0 Å². The summed E-state index contributed by atoms with van der Waals surface area (Å²) >= 11 is 0. The average molecular weight is 362 g/mol. The highest BCUT2D eigenvalue weighted by Gasteiger charge is 2.20. The molecule has 0 aliphatic rings. The second kappa shape index (κ2) is 7.38. The fourth-order valence-corrected chi connectivity index (χ4v) is 2.59. The van der Waals surface area contributed by atoms with Gasteiger partial charge in [-0.25, -0.2) is 9.78 Å². The molecule has 0 aliphatic carbocycles. The predicted molar refractivity (Wildman–Crippen MR) is 89.7 cm³/mol. The molecule has 0 saturated carbocycles. The molecule has 26 heavy (non-hydrogen) atoms. The molecule has 3 aromatic rings. The molecule has 0 aliphatic heterocycles. The fourth-order valence-electron chi connectivity index (χ4n) is 2.59. The quantitative estimate of drug-likeness (QED) is 0.624. The van der Waals surface area contributed by atoms with Crippen LogP contribution in [0.2, 0.25) is 0 Å². The van der Waals surface area contributed by atoms with Gasteiger partial charge >= 0.3 is 12.5 Å². The summed E-state index contributed by atoms with van der Waals surface area (Å²) in [4.78, 5) is 16.5. The number of rotatable bonds is 6. The molecule has 8 heteroatoms. The van der Waals surface area contributed by atoms with Crippen LogP contribution in [-0.2, 0) is 11.3 Å². The highest BCUT2D eigenvalue weighted by Crippen LogP contribution is 2.27. The van der Waals surface area contributed by atoms with Crippen LogP contribution in [0.5, 0.6) is 11.5 Å². The van der Waals surface area contributed by atoms with Gasteiger partial charge in [0.25, 0.3) is 0 Å². The SMILES string of the molecule is COc1ccc(C(=O)OCc2nc3ccccc3n2C(F)F)c(OC)c1. The Bertz CT molecular complexity index is 940. The summed E-state index contributed by atoms with van der Waals surface area (Å²) in [6.45, 7) is -3.20. The van der Waals surface area contributed by atoms with Crippen molar-refractivity contribution in [2.45, 2.75) is 13.2 Å². The molecule has 136 valence electrons. The summed E-state index contributed by atoms with van der Waals surface area (Å²) in [7, 11) is 2.89. The molecule has 0 unspecified atom stereocenters. The van der Waals surface area contributed by atoms with Gasteiger partial charge in [0.1, 0.15) is 23.7 Å². The van der Waals surface area contributed by atoms with E-state index in [-0.39, 0.29) is 22.7 Å². The van der Waals surface area contributed by atoms with Crippen LogP contribution in [0.3, 0.4) is 0 Å². The third kappa shape index (κ3) is 3.30. The smallest absolute Gasteiger partial charge is 0.342 e. The first-order chi connectivity index (χ1) is 12.5. The van der Waals surface area contributed by atoms with Gasteiger partial charge in [0.05, 0.1) is 25.3 Å². The minimum atomic E-state index is -2.80. The number of carbonyl (C=O) groups excluding carboxylic acids is 1. The predicted octanol–water partition coefficient (Wildman–Crippen LogP) is 3.81. The van der Waals surface area contributed by atoms with Crippen molar-refractivity contribution in [1.29, 1.82) is 0 Å². The Labute approximate surface area is 147 Å². The average Bonchev–Trinajstić information content (AvgIpc) is 3.04. The molecule has 2 aromatic carbocycles. The molecule has 6 nitrogen and oxygen atoms in total. The number of methoxy groups -OCH3 is 2. The summed E-state index contributed by atoms with van der Waals surface area (Å²) in [6, 6.07) is 11.1. The van der Waals surface area contributed by atoms with Crippen molar-refractivity contribution in [1.82, 2.24) is 9.55 Å². The van der Waals surface area contributed by atoms with Gasteiger partial charge in [-0.2, -0.15) is 8.78 Å². The highest BCUT2D eigenvalue weighted by atomic mass is 19.3. The van der Waals surface area contributed by atoms with Crippen LogP contribution in [0, 0.1) is 0 Å². The van der Waals surface area contributed by atoms with Gasteiger partial charge < -0.3 is 14.2 Å². The number of aromatic nitrogens is 2. The van der Waals surface area contributed by atoms with E-state index in [0.29, 0.717) is 11.3 Å². The van der Waals surface area contributed by atoms with Crippen LogP contribution in [0.25, 0.3) is 11.0 Å². The lowest BCUT2D eigenvalue weighted by molar-refractivity contribution is 0.0384. The van der Waals surface area contributed by atoms with Crippen LogP contribution < -0.4 is 9.47 Å². The summed E-state index contributed by atoms with van der Waals surface area (Å²) in [5, 5.41) is 0. The molecule has 0 fully saturated rings. The molecule has 1 heterocycles. The molecular weight excluding hydrogens is 346 g/mol. The molecule has 0 spiro atoms. The second-order valence-corrected chi connectivity index (χ2v) is 5.31. The molecular formula is C18H16F2N2O4. The van der Waals surface area contributed by atoms with Crippen molar-refractivity contribution >= 4 is 17.0 Å². The van der Waals surface area contributed by atoms with E-state index in [2.05, 4.69) is 4.98 Å². The van der Waals surface area contributed by atoms with Gasteiger partial charge in [-0.1, -0.05) is 12.1 Å². The van der Waals surface area contributed by atoms with Crippen molar-refractivity contribution < 1.29 is 27.8 Å². The topological polar surface area (TPSA) is 62.6 Å². The monoisotopic (exact) mass is 362 g/mol. The number of ether oxygens (including phenoxy) is 3. The van der Waals surface area contributed by atoms with Crippen molar-refractivity contribution in [3.63, 3.8) is 0 Å². The molecule has 0 atom stereocenters. The number of carbonyl (C=O) groups is 1. The van der Waals surface area contributed by atoms with E-state index in [1.54, 1.807) is 24.3 Å². The zero-order chi connectivity index (χ0) is 18.7. The summed E-state index contributed by atoms with van der Waals surface area (Å²) in [5.74, 6) is 0.0222. The maximum Gasteiger partial charge on any atom is 0.342 e. The van der Waals surface area contributed by atoms with Crippen LogP contribution in [0.4, 0.5) is 8.78 Å². The van der Waals surface area contributed by atoms with Crippen molar-refractivity contribution in [2.75, 3.05) is 14.2 Å². The summed E-state index contributed by atoms with van der Waals surface area (Å²) in [5.41, 5.74) is 0.837. The van der Waals surface area contributed by atoms with Crippen LogP contribution in [0.15, 0.2) is 42.5 Å². The van der Waals surface area contributed by atoms with Gasteiger partial charge in [0.2, 0.25) is 0 Å². The van der Waals surface area contributed by atoms with E-state index in [0.717, 1.165) is 4.57 Å². The number of alkyl halides is 2. The first-order valence-corrected chi connectivity index (χ1v) is 7.68. The van der Waals surface area contributed by atoms with E-state index in [1.165, 1.54) is 32.4 Å². The number of hydrogen-bond acceptors (Lipinski definition) is 5. The molecule has 0 saturated heterocycles. The largest absolute Gasteiger partial charge is 0.497 e. The Morgan fingerprint density at radius 1 is 1.15 bits per heavy atom. The third-order valence-corrected chi connectivity index (χ3v) is 3.83. The number of fused-ring (bicyclic) bond motifs is 1. The molecule has 0 N–H and O–H groups in total. The number of esters is 1. The highest BCUT2D eigenvalue weighted by molar-refractivity contribution is 5.92. The summed E-state index contributed by atoms with van der Waals surface area (Å²) < 4.78 is 42.9. The maximum absolute atomic E-state index is 13.4. The first kappa shape index (κ1) is 17.7. The zero-order valence-electron chi connectivity index (χ0n) is 14.1. The standard InChI is InChI=1S/C18H16F2N2O4/c1-24-11-7-8-12(15(9-11)25-2)17(23)26-10-16-21-13-5-3-4-6-14(13)22(16)18(19)20/h3-9,18H,10H2,1-2H3. The number of halogens is 2. The Hall–Kier alpha value is -3.16. The van der Waals surface area contributed by atoms with Gasteiger partial charge in [-0.3, -0.25) is 4.57 Å². The lowest BCUT2D eigenvalue weighted by atomic mass is 10.2. The molecule has 1 aromatic heterocycles. The first-order valence-electron chi connectivity index (χ1n) is 7.68. The van der Waals surface area contributed by atoms with Crippen LogP contribution in [0.1, 0.15) is 22.7 Å². The lowest BCUT2D eigenvalue weighted by Crippen LogP contribution is -2.11. The molecule has 0 radical (unpaired) electrons. The van der Waals surface area contributed by atoms with E-state index < -0.39 is 19.1 Å². The molecule has 0 bridgehead atoms. The van der Waals surface area contributed by atoms with Crippen molar-refractivity contribution in [3.8, 4) is 11.5 Å². The van der Waals surface area contributed by atoms with E-state index in [4.69, 9.17) is 14.2 Å². The molecule has 0 amide bonds. The fraction of sp³-hybridized carbons (Fsp3) is 0.222. The van der Waals surface area contributed by atoms with E-state index in [1.807, 2.05) is 0 Å². The Morgan fingerprint density at radius 3 is 2.62 bits per heavy atom. The second-order valence-electron chi connectivity index (χ2n) is 5.31. The lowest BCUT2D eigenvalue weighted by Gasteiger charge is -2.11. The number of benzene rings is 2. The van der Waals surface area contributed by atoms with Crippen molar-refractivity contribution in [3.05, 3.63) is 53.9 Å². The number of imidazole rings is 1. The maximum atomic E-state index is 13.4. The van der Waals surface area contributed by atoms with Gasteiger partial charge in [-0.05, 0) is 24.3 Å². The Kier molecular flexibility index (Phi) is 5.01. The van der Waals surface area contributed by atoms with Crippen LogP contribution >= 0.6 is 0 Å². The number of para-hydroxylation sites is 2. The normalized spacial score (nSPS) is 11.0. The van der Waals surface area contributed by atoms with E-state index >= 15 is 0 Å². The Balaban J connectivity index is 1.84. The Morgan fingerprint density at radius 2 is 1.92 bits per heavy atom. The van der Waals surface area contributed by atoms with E-state index in [9.17, 15) is 13.6 Å². The molecule has 3 rings (SSSR count). The third-order valence-electron chi connectivity index (χ3n) is 3.83. The van der Waals surface area contributed by atoms with Gasteiger partial charge in [0.15, 0.2) is 5.82 Å². The van der Waals surface area contributed by atoms with Gasteiger partial charge in [-0.15, -0.1) is 0 Å². The minimum absolute atomic E-state index is 0.0398. The zero-order valence-corrected chi connectivity index (χ0v) is 14.1. The van der Waals surface area contributed by atoms with Gasteiger partial charge in [0, 0.05) is 6.07 Å².